The Morgan fingerprint density at radius 3 is 2.67 bits per heavy atom. The lowest BCUT2D eigenvalue weighted by Gasteiger charge is -2.21. The zero-order valence-electron chi connectivity index (χ0n) is 5.82. The van der Waals surface area contributed by atoms with Gasteiger partial charge in [0.15, 0.2) is 0 Å². The zero-order valence-corrected chi connectivity index (χ0v) is 5.82. The standard InChI is InChI=1S/C8H14N/c1-3-8-4-2-7(1)5-6-9-8/h8-9H,1-6H2. The minimum Gasteiger partial charge on any atom is -0.314 e. The van der Waals surface area contributed by atoms with Crippen molar-refractivity contribution in [1.82, 2.24) is 5.32 Å². The van der Waals surface area contributed by atoms with Crippen molar-refractivity contribution in [1.29, 1.82) is 0 Å². The van der Waals surface area contributed by atoms with Crippen LogP contribution in [0.25, 0.3) is 0 Å². The van der Waals surface area contributed by atoms with Gasteiger partial charge in [-0.1, -0.05) is 0 Å². The minimum absolute atomic E-state index is 0.872. The Kier molecular flexibility index (Phi) is 1.46. The van der Waals surface area contributed by atoms with Crippen LogP contribution in [0.2, 0.25) is 0 Å². The van der Waals surface area contributed by atoms with E-state index in [4.69, 9.17) is 0 Å². The first-order valence-electron chi connectivity index (χ1n) is 4.02. The summed E-state index contributed by atoms with van der Waals surface area (Å²) < 4.78 is 0. The molecule has 1 heteroatoms. The Morgan fingerprint density at radius 1 is 1.11 bits per heavy atom. The molecule has 2 saturated heterocycles. The molecule has 0 amide bonds. The minimum atomic E-state index is 0.872. The van der Waals surface area contributed by atoms with Gasteiger partial charge in [-0.15, -0.1) is 0 Å². The summed E-state index contributed by atoms with van der Waals surface area (Å²) in [6.45, 7) is 1.25. The van der Waals surface area contributed by atoms with Gasteiger partial charge in [0.1, 0.15) is 0 Å². The predicted octanol–water partition coefficient (Wildman–Crippen LogP) is 1.50. The van der Waals surface area contributed by atoms with Crippen LogP contribution >= 0.6 is 0 Å². The van der Waals surface area contributed by atoms with E-state index in [1.54, 1.807) is 0 Å². The molecule has 0 aromatic carbocycles. The van der Waals surface area contributed by atoms with Crippen LogP contribution in [0.4, 0.5) is 0 Å². The SMILES string of the molecule is C1C[C]2CCC(CC2)N1. The molecule has 3 rings (SSSR count). The molecule has 0 aromatic rings. The fourth-order valence-corrected chi connectivity index (χ4v) is 1.93. The summed E-state index contributed by atoms with van der Waals surface area (Å²) in [6, 6.07) is 0.872. The molecule has 1 saturated carbocycles. The van der Waals surface area contributed by atoms with Crippen molar-refractivity contribution in [2.75, 3.05) is 6.54 Å². The molecule has 3 aliphatic rings. The van der Waals surface area contributed by atoms with Gasteiger partial charge >= 0.3 is 0 Å². The van der Waals surface area contributed by atoms with E-state index in [0.717, 1.165) is 6.04 Å². The van der Waals surface area contributed by atoms with Gasteiger partial charge in [0.25, 0.3) is 0 Å². The fourth-order valence-electron chi connectivity index (χ4n) is 1.93. The lowest BCUT2D eigenvalue weighted by atomic mass is 9.87. The predicted molar refractivity (Wildman–Crippen MR) is 38.1 cm³/mol. The maximum Gasteiger partial charge on any atom is 0.00674 e. The van der Waals surface area contributed by atoms with E-state index in [0.29, 0.717) is 0 Å². The van der Waals surface area contributed by atoms with Crippen molar-refractivity contribution in [3.8, 4) is 0 Å². The molecule has 0 unspecified atom stereocenters. The summed E-state index contributed by atoms with van der Waals surface area (Å²) in [5.41, 5.74) is 0. The molecule has 3 fully saturated rings. The molecule has 0 aromatic heterocycles. The molecule has 0 atom stereocenters. The van der Waals surface area contributed by atoms with Gasteiger partial charge in [-0.25, -0.2) is 0 Å². The first-order valence-corrected chi connectivity index (χ1v) is 4.02. The van der Waals surface area contributed by atoms with Crippen LogP contribution in [0, 0.1) is 5.92 Å². The van der Waals surface area contributed by atoms with Crippen LogP contribution in [0.1, 0.15) is 32.1 Å². The molecule has 1 aliphatic carbocycles. The normalized spacial score (nSPS) is 30.7. The summed E-state index contributed by atoms with van der Waals surface area (Å²) in [5.74, 6) is 1.82. The molecule has 1 nitrogen and oxygen atoms in total. The van der Waals surface area contributed by atoms with Gasteiger partial charge in [0.2, 0.25) is 0 Å². The second-order valence-corrected chi connectivity index (χ2v) is 3.23. The topological polar surface area (TPSA) is 12.0 Å². The number of hydrogen-bond acceptors (Lipinski definition) is 1. The lowest BCUT2D eigenvalue weighted by Crippen LogP contribution is -2.27. The van der Waals surface area contributed by atoms with Crippen LogP contribution in [0.5, 0.6) is 0 Å². The highest BCUT2D eigenvalue weighted by Crippen LogP contribution is 2.30. The number of hydrogen-bond donors (Lipinski definition) is 1. The maximum absolute atomic E-state index is 3.55. The smallest absolute Gasteiger partial charge is 0.00674 e. The number of rotatable bonds is 0. The Balaban J connectivity index is 2.03. The van der Waals surface area contributed by atoms with Crippen LogP contribution in [-0.2, 0) is 0 Å². The Hall–Kier alpha value is -0.0400. The van der Waals surface area contributed by atoms with Crippen molar-refractivity contribution in [3.05, 3.63) is 5.92 Å². The van der Waals surface area contributed by atoms with Crippen LogP contribution in [0.15, 0.2) is 0 Å². The Bertz CT molecular complexity index is 75.2. The van der Waals surface area contributed by atoms with Gasteiger partial charge < -0.3 is 5.32 Å². The molecule has 51 valence electrons. The van der Waals surface area contributed by atoms with Gasteiger partial charge in [0.05, 0.1) is 0 Å². The van der Waals surface area contributed by atoms with Crippen molar-refractivity contribution in [3.63, 3.8) is 0 Å². The molecular weight excluding hydrogens is 110 g/mol. The van der Waals surface area contributed by atoms with E-state index < -0.39 is 0 Å². The zero-order chi connectivity index (χ0) is 6.10. The Morgan fingerprint density at radius 2 is 1.89 bits per heavy atom. The summed E-state index contributed by atoms with van der Waals surface area (Å²) in [4.78, 5) is 0. The first kappa shape index (κ1) is 5.72. The average molecular weight is 124 g/mol. The summed E-state index contributed by atoms with van der Waals surface area (Å²) >= 11 is 0. The highest BCUT2D eigenvalue weighted by Gasteiger charge is 2.24. The quantitative estimate of drug-likeness (QED) is 0.516. The first-order chi connectivity index (χ1) is 4.45. The molecule has 2 bridgehead atoms. The van der Waals surface area contributed by atoms with E-state index in [1.807, 2.05) is 5.92 Å². The van der Waals surface area contributed by atoms with Crippen molar-refractivity contribution in [2.45, 2.75) is 38.1 Å². The van der Waals surface area contributed by atoms with Gasteiger partial charge in [0, 0.05) is 6.04 Å². The van der Waals surface area contributed by atoms with Crippen LogP contribution < -0.4 is 5.32 Å². The molecule has 2 aliphatic heterocycles. The summed E-state index contributed by atoms with van der Waals surface area (Å²) in [7, 11) is 0. The van der Waals surface area contributed by atoms with Crippen LogP contribution in [0.3, 0.4) is 0 Å². The van der Waals surface area contributed by atoms with E-state index in [1.165, 1.54) is 38.6 Å². The van der Waals surface area contributed by atoms with E-state index in [9.17, 15) is 0 Å². The fraction of sp³-hybridized carbons (Fsp3) is 0.875. The highest BCUT2D eigenvalue weighted by molar-refractivity contribution is 4.99. The van der Waals surface area contributed by atoms with Crippen molar-refractivity contribution < 1.29 is 0 Å². The Labute approximate surface area is 56.8 Å². The lowest BCUT2D eigenvalue weighted by molar-refractivity contribution is 0.442. The second kappa shape index (κ2) is 2.30. The number of nitrogens with one attached hydrogen (secondary N) is 1. The largest absolute Gasteiger partial charge is 0.314 e. The van der Waals surface area contributed by atoms with Gasteiger partial charge in [-0.3, -0.25) is 0 Å². The summed E-state index contributed by atoms with van der Waals surface area (Å²) in [6.07, 6.45) is 7.01. The molecule has 9 heavy (non-hydrogen) atoms. The van der Waals surface area contributed by atoms with E-state index >= 15 is 0 Å². The van der Waals surface area contributed by atoms with Crippen molar-refractivity contribution >= 4 is 0 Å². The maximum atomic E-state index is 3.55. The van der Waals surface area contributed by atoms with Crippen LogP contribution in [-0.4, -0.2) is 12.6 Å². The monoisotopic (exact) mass is 124 g/mol. The van der Waals surface area contributed by atoms with Gasteiger partial charge in [-0.05, 0) is 44.6 Å². The molecule has 1 N–H and O–H groups in total. The number of fused-ring (bicyclic) bond motifs is 4. The van der Waals surface area contributed by atoms with E-state index in [2.05, 4.69) is 5.32 Å². The highest BCUT2D eigenvalue weighted by atomic mass is 14.9. The van der Waals surface area contributed by atoms with E-state index in [-0.39, 0.29) is 0 Å². The third kappa shape index (κ3) is 1.11. The molecule has 1 radical (unpaired) electrons. The molecular formula is C8H14N. The third-order valence-electron chi connectivity index (χ3n) is 2.60. The third-order valence-corrected chi connectivity index (χ3v) is 2.60. The second-order valence-electron chi connectivity index (χ2n) is 3.23. The molecule has 0 spiro atoms. The molecule has 2 heterocycles. The van der Waals surface area contributed by atoms with Crippen molar-refractivity contribution in [2.24, 2.45) is 0 Å². The average Bonchev–Trinajstić information content (AvgIpc) is 2.21. The summed E-state index contributed by atoms with van der Waals surface area (Å²) in [5, 5.41) is 3.55. The van der Waals surface area contributed by atoms with Gasteiger partial charge in [-0.2, -0.15) is 0 Å².